The average molecular weight is 465 g/mol. The van der Waals surface area contributed by atoms with Crippen LogP contribution in [0.15, 0.2) is 48.5 Å². The maximum absolute atomic E-state index is 12.5. The molecular formula is C26H28N2O6. The summed E-state index contributed by atoms with van der Waals surface area (Å²) in [7, 11) is 0. The number of carbonyl (C=O) groups excluding carboxylic acids is 2. The number of fused-ring (bicyclic) bond motifs is 3. The highest BCUT2D eigenvalue weighted by Crippen LogP contribution is 2.44. The third kappa shape index (κ3) is 4.63. The molecule has 0 bridgehead atoms. The summed E-state index contributed by atoms with van der Waals surface area (Å²) in [4.78, 5) is 35.8. The molecule has 2 aliphatic carbocycles. The van der Waals surface area contributed by atoms with Crippen molar-refractivity contribution in [2.45, 2.75) is 55.8 Å². The molecule has 1 saturated heterocycles. The van der Waals surface area contributed by atoms with Crippen LogP contribution in [-0.4, -0.2) is 54.0 Å². The Morgan fingerprint density at radius 3 is 2.26 bits per heavy atom. The fourth-order valence-electron chi connectivity index (χ4n) is 5.02. The van der Waals surface area contributed by atoms with E-state index in [0.29, 0.717) is 25.7 Å². The van der Waals surface area contributed by atoms with E-state index in [0.717, 1.165) is 11.1 Å². The fourth-order valence-corrected chi connectivity index (χ4v) is 5.02. The Balaban J connectivity index is 1.08. The summed E-state index contributed by atoms with van der Waals surface area (Å²) in [6, 6.07) is 16.3. The van der Waals surface area contributed by atoms with Crippen LogP contribution in [0.2, 0.25) is 0 Å². The molecule has 34 heavy (non-hydrogen) atoms. The van der Waals surface area contributed by atoms with E-state index in [4.69, 9.17) is 14.6 Å². The van der Waals surface area contributed by atoms with Gasteiger partial charge in [0.25, 0.3) is 0 Å². The van der Waals surface area contributed by atoms with Crippen molar-refractivity contribution < 1.29 is 29.0 Å². The molecule has 2 aromatic carbocycles. The van der Waals surface area contributed by atoms with Crippen LogP contribution in [0.25, 0.3) is 11.1 Å². The van der Waals surface area contributed by atoms with Gasteiger partial charge in [0.2, 0.25) is 5.91 Å². The number of carboxylic acids is 1. The van der Waals surface area contributed by atoms with Crippen molar-refractivity contribution in [2.75, 3.05) is 13.2 Å². The van der Waals surface area contributed by atoms with Crippen molar-refractivity contribution in [1.82, 2.24) is 10.6 Å². The summed E-state index contributed by atoms with van der Waals surface area (Å²) in [6.07, 6.45) is 1.01. The first-order valence-corrected chi connectivity index (χ1v) is 11.7. The molecule has 5 rings (SSSR count). The van der Waals surface area contributed by atoms with Gasteiger partial charge in [-0.05, 0) is 47.9 Å². The lowest BCUT2D eigenvalue weighted by Gasteiger charge is -2.19. The van der Waals surface area contributed by atoms with Crippen LogP contribution in [-0.2, 0) is 19.1 Å². The quantitative estimate of drug-likeness (QED) is 0.553. The molecule has 3 aliphatic rings. The van der Waals surface area contributed by atoms with Gasteiger partial charge in [-0.1, -0.05) is 48.5 Å². The molecule has 178 valence electrons. The summed E-state index contributed by atoms with van der Waals surface area (Å²) < 4.78 is 11.3. The number of hydrogen-bond acceptors (Lipinski definition) is 5. The second-order valence-corrected chi connectivity index (χ2v) is 9.37. The lowest BCUT2D eigenvalue weighted by atomic mass is 9.98. The topological polar surface area (TPSA) is 114 Å². The predicted octanol–water partition coefficient (Wildman–Crippen LogP) is 3.20. The minimum absolute atomic E-state index is 0.00509. The van der Waals surface area contributed by atoms with Crippen LogP contribution in [0.5, 0.6) is 0 Å². The molecule has 0 radical (unpaired) electrons. The third-order valence-electron chi connectivity index (χ3n) is 6.95. The van der Waals surface area contributed by atoms with Crippen molar-refractivity contribution in [2.24, 2.45) is 0 Å². The van der Waals surface area contributed by atoms with Gasteiger partial charge in [0.15, 0.2) is 0 Å². The van der Waals surface area contributed by atoms with E-state index in [9.17, 15) is 14.4 Å². The van der Waals surface area contributed by atoms with Crippen LogP contribution >= 0.6 is 0 Å². The number of hydrogen-bond donors (Lipinski definition) is 3. The smallest absolute Gasteiger partial charge is 0.407 e. The lowest BCUT2D eigenvalue weighted by Crippen LogP contribution is -2.44. The van der Waals surface area contributed by atoms with Crippen LogP contribution in [0.1, 0.15) is 49.1 Å². The van der Waals surface area contributed by atoms with Crippen molar-refractivity contribution in [1.29, 1.82) is 0 Å². The molecule has 2 amide bonds. The van der Waals surface area contributed by atoms with E-state index in [-0.39, 0.29) is 37.5 Å². The third-order valence-corrected chi connectivity index (χ3v) is 6.95. The van der Waals surface area contributed by atoms with E-state index in [1.54, 1.807) is 0 Å². The van der Waals surface area contributed by atoms with Gasteiger partial charge in [-0.15, -0.1) is 0 Å². The Morgan fingerprint density at radius 2 is 1.65 bits per heavy atom. The van der Waals surface area contributed by atoms with E-state index in [1.165, 1.54) is 11.1 Å². The van der Waals surface area contributed by atoms with Gasteiger partial charge < -0.3 is 25.2 Å². The van der Waals surface area contributed by atoms with Crippen LogP contribution < -0.4 is 10.6 Å². The molecule has 0 aromatic heterocycles. The SMILES string of the molecule is O=C(O)CC1(NC(=O)C2CCC(CNC(=O)OCC3c4ccccc4-c4ccccc43)O2)CC1. The molecule has 2 unspecified atom stereocenters. The van der Waals surface area contributed by atoms with E-state index < -0.39 is 23.7 Å². The van der Waals surface area contributed by atoms with E-state index in [1.807, 2.05) is 24.3 Å². The van der Waals surface area contributed by atoms with Crippen LogP contribution in [0.4, 0.5) is 4.79 Å². The highest BCUT2D eigenvalue weighted by Gasteiger charge is 2.47. The number of amides is 2. The number of alkyl carbamates (subject to hydrolysis) is 1. The molecule has 3 N–H and O–H groups in total. The normalized spacial score (nSPS) is 21.9. The molecule has 1 aliphatic heterocycles. The molecule has 2 fully saturated rings. The first kappa shape index (κ1) is 22.4. The fraction of sp³-hybridized carbons (Fsp3) is 0.423. The zero-order valence-electron chi connectivity index (χ0n) is 18.8. The van der Waals surface area contributed by atoms with Crippen LogP contribution in [0, 0.1) is 0 Å². The monoisotopic (exact) mass is 464 g/mol. The summed E-state index contributed by atoms with van der Waals surface area (Å²) in [5.74, 6) is -1.20. The number of ether oxygens (including phenoxy) is 2. The van der Waals surface area contributed by atoms with Gasteiger partial charge in [-0.2, -0.15) is 0 Å². The van der Waals surface area contributed by atoms with Gasteiger partial charge in [0.05, 0.1) is 18.1 Å². The Labute approximate surface area is 197 Å². The molecule has 2 atom stereocenters. The maximum Gasteiger partial charge on any atom is 0.407 e. The number of carboxylic acid groups (broad SMARTS) is 1. The lowest BCUT2D eigenvalue weighted by molar-refractivity contribution is -0.138. The van der Waals surface area contributed by atoms with Crippen molar-refractivity contribution >= 4 is 18.0 Å². The molecule has 1 saturated carbocycles. The van der Waals surface area contributed by atoms with Gasteiger partial charge in [-0.25, -0.2) is 4.79 Å². The maximum atomic E-state index is 12.5. The summed E-state index contributed by atoms with van der Waals surface area (Å²) >= 11 is 0. The minimum atomic E-state index is -0.921. The summed E-state index contributed by atoms with van der Waals surface area (Å²) in [5.41, 5.74) is 4.03. The summed E-state index contributed by atoms with van der Waals surface area (Å²) in [6.45, 7) is 0.489. The van der Waals surface area contributed by atoms with Gasteiger partial charge in [0.1, 0.15) is 12.7 Å². The summed E-state index contributed by atoms with van der Waals surface area (Å²) in [5, 5.41) is 14.6. The number of aliphatic carboxylic acids is 1. The minimum Gasteiger partial charge on any atom is -0.481 e. The van der Waals surface area contributed by atoms with Gasteiger partial charge >= 0.3 is 12.1 Å². The number of nitrogens with one attached hydrogen (secondary N) is 2. The second kappa shape index (κ2) is 9.10. The van der Waals surface area contributed by atoms with Gasteiger partial charge in [-0.3, -0.25) is 9.59 Å². The molecule has 1 heterocycles. The Hall–Kier alpha value is -3.39. The number of benzene rings is 2. The molecule has 2 aromatic rings. The van der Waals surface area contributed by atoms with Crippen molar-refractivity contribution in [3.05, 3.63) is 59.7 Å². The first-order chi connectivity index (χ1) is 16.4. The molecule has 8 nitrogen and oxygen atoms in total. The van der Waals surface area contributed by atoms with Gasteiger partial charge in [0, 0.05) is 12.5 Å². The molecule has 0 spiro atoms. The van der Waals surface area contributed by atoms with Crippen LogP contribution in [0.3, 0.4) is 0 Å². The number of carbonyl (C=O) groups is 3. The Kier molecular flexibility index (Phi) is 6.00. The first-order valence-electron chi connectivity index (χ1n) is 11.7. The second-order valence-electron chi connectivity index (χ2n) is 9.37. The highest BCUT2D eigenvalue weighted by molar-refractivity contribution is 5.83. The van der Waals surface area contributed by atoms with Crippen molar-refractivity contribution in [3.63, 3.8) is 0 Å². The van der Waals surface area contributed by atoms with E-state index in [2.05, 4.69) is 34.9 Å². The average Bonchev–Trinajstić information content (AvgIpc) is 3.27. The molecular weight excluding hydrogens is 436 g/mol. The zero-order valence-corrected chi connectivity index (χ0v) is 18.8. The largest absolute Gasteiger partial charge is 0.481 e. The zero-order chi connectivity index (χ0) is 23.7. The Morgan fingerprint density at radius 1 is 1.00 bits per heavy atom. The van der Waals surface area contributed by atoms with Crippen molar-refractivity contribution in [3.8, 4) is 11.1 Å². The Bertz CT molecular complexity index is 1070. The number of rotatable bonds is 8. The van der Waals surface area contributed by atoms with E-state index >= 15 is 0 Å². The predicted molar refractivity (Wildman–Crippen MR) is 123 cm³/mol. The molecule has 8 heteroatoms. The standard InChI is InChI=1S/C26H28N2O6/c29-23(30)13-26(11-12-26)28-24(31)22-10-9-16(34-22)14-27-25(32)33-15-21-19-7-3-1-5-17(19)18-6-2-4-8-20(18)21/h1-8,16,21-22H,9-15H2,(H,27,32)(H,28,31)(H,29,30). The highest BCUT2D eigenvalue weighted by atomic mass is 16.5.